The highest BCUT2D eigenvalue weighted by Gasteiger charge is 2.29. The minimum atomic E-state index is -2.59. The second-order valence-electron chi connectivity index (χ2n) is 10.8. The van der Waals surface area contributed by atoms with Crippen molar-refractivity contribution in [3.8, 4) is 39.4 Å². The number of hydrogen-bond donors (Lipinski definition) is 0. The van der Waals surface area contributed by atoms with E-state index in [1.165, 1.54) is 29.8 Å². The number of carbonyl (C=O) groups excluding carboxylic acids is 1. The molecule has 44 heavy (non-hydrogen) atoms. The highest BCUT2D eigenvalue weighted by Crippen LogP contribution is 2.47. The Morgan fingerprint density at radius 2 is 1.91 bits per heavy atom. The largest absolute Gasteiger partial charge is 0.490 e. The van der Waals surface area contributed by atoms with Crippen molar-refractivity contribution < 1.29 is 27.1 Å². The van der Waals surface area contributed by atoms with Crippen LogP contribution in [0.5, 0.6) is 5.75 Å². The Morgan fingerprint density at radius 3 is 2.66 bits per heavy atom. The number of thiophene rings is 1. The molecule has 0 N–H and O–H groups in total. The summed E-state index contributed by atoms with van der Waals surface area (Å²) in [6.45, 7) is 7.52. The van der Waals surface area contributed by atoms with Crippen molar-refractivity contribution in [2.75, 3.05) is 13.1 Å². The molecule has 0 spiro atoms. The van der Waals surface area contributed by atoms with E-state index >= 15 is 4.39 Å². The van der Waals surface area contributed by atoms with Crippen LogP contribution in [-0.4, -0.2) is 61.0 Å². The molecule has 6 rings (SSSR count). The Labute approximate surface area is 254 Å². The maximum atomic E-state index is 15.8. The maximum absolute atomic E-state index is 15.8. The van der Waals surface area contributed by atoms with Gasteiger partial charge in [0.15, 0.2) is 0 Å². The van der Waals surface area contributed by atoms with Crippen molar-refractivity contribution in [2.45, 2.75) is 45.4 Å². The van der Waals surface area contributed by atoms with Crippen LogP contribution >= 0.6 is 11.3 Å². The van der Waals surface area contributed by atoms with Crippen molar-refractivity contribution >= 4 is 27.3 Å². The van der Waals surface area contributed by atoms with Gasteiger partial charge in [0.05, 0.1) is 41.5 Å². The quantitative estimate of drug-likeness (QED) is 0.131. The zero-order valence-corrected chi connectivity index (χ0v) is 24.7. The normalized spacial score (nSPS) is 15.2. The molecule has 8 nitrogen and oxygen atoms in total. The topological polar surface area (TPSA) is 78.1 Å². The van der Waals surface area contributed by atoms with E-state index in [1.807, 2.05) is 11.4 Å². The molecule has 1 saturated heterocycles. The third kappa shape index (κ3) is 5.59. The average molecular weight is 625 g/mol. The van der Waals surface area contributed by atoms with E-state index in [0.717, 1.165) is 16.8 Å². The van der Waals surface area contributed by atoms with Gasteiger partial charge in [-0.15, -0.1) is 11.3 Å². The van der Waals surface area contributed by atoms with Gasteiger partial charge in [-0.1, -0.05) is 6.58 Å². The monoisotopic (exact) mass is 624 g/mol. The molecule has 0 saturated carbocycles. The molecular weight excluding hydrogens is 596 g/mol. The third-order valence-electron chi connectivity index (χ3n) is 7.37. The molecule has 5 aromatic rings. The first-order valence-corrected chi connectivity index (χ1v) is 14.8. The summed E-state index contributed by atoms with van der Waals surface area (Å²) in [6, 6.07) is 3.67. The number of ether oxygens (including phenoxy) is 1. The molecule has 1 atom stereocenters. The second-order valence-corrected chi connectivity index (χ2v) is 11.7. The summed E-state index contributed by atoms with van der Waals surface area (Å²) < 4.78 is 65.9. The first kappa shape index (κ1) is 29.5. The van der Waals surface area contributed by atoms with Gasteiger partial charge in [-0.3, -0.25) is 14.2 Å². The zero-order chi connectivity index (χ0) is 31.1. The molecule has 0 bridgehead atoms. The predicted molar refractivity (Wildman–Crippen MR) is 160 cm³/mol. The molecule has 5 heterocycles. The Kier molecular flexibility index (Phi) is 7.97. The Hall–Kier alpha value is -4.52. The van der Waals surface area contributed by atoms with Crippen molar-refractivity contribution in [2.24, 2.45) is 0 Å². The Bertz CT molecular complexity index is 1860. The van der Waals surface area contributed by atoms with E-state index in [-0.39, 0.29) is 29.4 Å². The first-order valence-electron chi connectivity index (χ1n) is 14.0. The fourth-order valence-corrected chi connectivity index (χ4v) is 6.45. The lowest BCUT2D eigenvalue weighted by molar-refractivity contribution is -0.125. The summed E-state index contributed by atoms with van der Waals surface area (Å²) >= 11 is 1.34. The lowest BCUT2D eigenvalue weighted by atomic mass is 9.96. The van der Waals surface area contributed by atoms with E-state index in [2.05, 4.69) is 16.8 Å². The van der Waals surface area contributed by atoms with E-state index < -0.39 is 24.6 Å². The number of halogens is 4. The van der Waals surface area contributed by atoms with Gasteiger partial charge in [0.2, 0.25) is 5.91 Å². The molecule has 4 aromatic heterocycles. The lowest BCUT2D eigenvalue weighted by Gasteiger charge is -2.19. The number of nitrogens with zero attached hydrogens (tertiary/aromatic N) is 6. The number of alkyl halides is 2. The summed E-state index contributed by atoms with van der Waals surface area (Å²) in [7, 11) is 0. The molecule has 1 amide bonds. The van der Waals surface area contributed by atoms with Crippen LogP contribution < -0.4 is 4.74 Å². The predicted octanol–water partition coefficient (Wildman–Crippen LogP) is 6.98. The van der Waals surface area contributed by atoms with Crippen molar-refractivity contribution in [3.05, 3.63) is 72.7 Å². The van der Waals surface area contributed by atoms with Gasteiger partial charge in [-0.05, 0) is 37.8 Å². The fraction of sp³-hybridized carbons (Fsp3) is 0.290. The van der Waals surface area contributed by atoms with Gasteiger partial charge in [-0.2, -0.15) is 10.2 Å². The Balaban J connectivity index is 1.56. The molecule has 0 aliphatic carbocycles. The average Bonchev–Trinajstić information content (AvgIpc) is 3.78. The van der Waals surface area contributed by atoms with Gasteiger partial charge in [0, 0.05) is 64.4 Å². The number of fused-ring (bicyclic) bond motifs is 1. The molecule has 13 heteroatoms. The summed E-state index contributed by atoms with van der Waals surface area (Å²) in [6.07, 6.45) is 5.34. The standard InChI is InChI=1S/C31H28F4N6O2S/c1-4-26(42)39-7-5-21(15-39)41-14-19(12-37-41)30-28(27-23(33)9-20(32)10-24(27)43-17(2)3)31-22(6-8-44-31)29(38-30)18-11-36-40(13-18)16-25(34)35/h4,6,8-14,17,21,25H,1,5,7,15-16H2,2-3H3/t21-/m0/s1. The second kappa shape index (κ2) is 11.9. The maximum Gasteiger partial charge on any atom is 0.257 e. The first-order chi connectivity index (χ1) is 21.1. The molecule has 1 aliphatic rings. The van der Waals surface area contributed by atoms with Crippen molar-refractivity contribution in [3.63, 3.8) is 0 Å². The number of pyridine rings is 1. The molecule has 1 aromatic carbocycles. The number of amides is 1. The summed E-state index contributed by atoms with van der Waals surface area (Å²) in [5.74, 6) is -1.74. The van der Waals surface area contributed by atoms with Gasteiger partial charge >= 0.3 is 0 Å². The molecule has 1 aliphatic heterocycles. The van der Waals surface area contributed by atoms with Crippen LogP contribution in [0.25, 0.3) is 43.7 Å². The number of rotatable bonds is 9. The molecule has 228 valence electrons. The zero-order valence-electron chi connectivity index (χ0n) is 23.9. The van der Waals surface area contributed by atoms with Crippen molar-refractivity contribution in [1.82, 2.24) is 29.4 Å². The number of aromatic nitrogens is 5. The SMILES string of the molecule is C=CC(=O)N1CC[C@H](n2cc(-c3nc(-c4cnn(CC(F)F)c4)c4ccsc4c3-c3c(F)cc(F)cc3OC(C)C)cn2)C1. The fourth-order valence-electron chi connectivity index (χ4n) is 5.50. The van der Waals surface area contributed by atoms with Crippen LogP contribution in [0.3, 0.4) is 0 Å². The lowest BCUT2D eigenvalue weighted by Crippen LogP contribution is -2.27. The summed E-state index contributed by atoms with van der Waals surface area (Å²) in [5.41, 5.74) is 2.29. The van der Waals surface area contributed by atoms with Crippen LogP contribution in [0.4, 0.5) is 17.6 Å². The van der Waals surface area contributed by atoms with E-state index in [4.69, 9.17) is 9.72 Å². The smallest absolute Gasteiger partial charge is 0.257 e. The Morgan fingerprint density at radius 1 is 1.14 bits per heavy atom. The molecule has 1 fully saturated rings. The molecular formula is C31H28F4N6O2S. The molecule has 0 radical (unpaired) electrons. The van der Waals surface area contributed by atoms with Crippen LogP contribution in [0, 0.1) is 11.6 Å². The van der Waals surface area contributed by atoms with E-state index in [1.54, 1.807) is 35.8 Å². The van der Waals surface area contributed by atoms with Crippen LogP contribution in [0.1, 0.15) is 26.3 Å². The number of likely N-dealkylation sites (tertiary alicyclic amines) is 1. The van der Waals surface area contributed by atoms with Gasteiger partial charge in [-0.25, -0.2) is 22.5 Å². The minimum absolute atomic E-state index is 0.0227. The molecule has 0 unspecified atom stereocenters. The summed E-state index contributed by atoms with van der Waals surface area (Å²) in [5, 5.41) is 11.1. The van der Waals surface area contributed by atoms with Crippen LogP contribution in [0.2, 0.25) is 0 Å². The van der Waals surface area contributed by atoms with Gasteiger partial charge in [0.25, 0.3) is 6.43 Å². The van der Waals surface area contributed by atoms with E-state index in [9.17, 15) is 18.0 Å². The van der Waals surface area contributed by atoms with Gasteiger partial charge < -0.3 is 9.64 Å². The minimum Gasteiger partial charge on any atom is -0.490 e. The highest BCUT2D eigenvalue weighted by molar-refractivity contribution is 7.18. The number of benzene rings is 1. The number of carbonyl (C=O) groups is 1. The van der Waals surface area contributed by atoms with Gasteiger partial charge in [0.1, 0.15) is 23.9 Å². The van der Waals surface area contributed by atoms with Crippen LogP contribution in [-0.2, 0) is 11.3 Å². The third-order valence-corrected chi connectivity index (χ3v) is 8.30. The van der Waals surface area contributed by atoms with Crippen molar-refractivity contribution in [1.29, 1.82) is 0 Å². The highest BCUT2D eigenvalue weighted by atomic mass is 32.1. The summed E-state index contributed by atoms with van der Waals surface area (Å²) in [4.78, 5) is 18.8. The van der Waals surface area contributed by atoms with E-state index in [0.29, 0.717) is 57.7 Å². The van der Waals surface area contributed by atoms with Crippen LogP contribution in [0.15, 0.2) is 61.0 Å². The number of hydrogen-bond acceptors (Lipinski definition) is 6.